The molecule has 3 atom stereocenters. The largest absolute Gasteiger partial charge is 0.481 e. The summed E-state index contributed by atoms with van der Waals surface area (Å²) >= 11 is 0. The van der Waals surface area contributed by atoms with E-state index in [0.717, 1.165) is 19.3 Å². The molecule has 1 rings (SSSR count). The van der Waals surface area contributed by atoms with Gasteiger partial charge in [-0.15, -0.1) is 0 Å². The highest BCUT2D eigenvalue weighted by Gasteiger charge is 2.26. The molecule has 1 heterocycles. The van der Waals surface area contributed by atoms with E-state index in [1.807, 2.05) is 11.9 Å². The number of nitrogens with one attached hydrogen (secondary N) is 2. The van der Waals surface area contributed by atoms with Crippen LogP contribution < -0.4 is 10.7 Å². The SMILES string of the molecule is CCCC(CC(=O)O)NC(=O)NN1C(C)CCCC1C. The number of hydrogen-bond donors (Lipinski definition) is 3. The minimum absolute atomic E-state index is 0.0354. The van der Waals surface area contributed by atoms with Crippen LogP contribution in [0.25, 0.3) is 0 Å². The maximum absolute atomic E-state index is 12.0. The van der Waals surface area contributed by atoms with Crippen molar-refractivity contribution < 1.29 is 14.7 Å². The lowest BCUT2D eigenvalue weighted by atomic mass is 10.00. The van der Waals surface area contributed by atoms with Crippen molar-refractivity contribution in [2.45, 2.75) is 77.4 Å². The number of carboxylic acid groups (broad SMARTS) is 1. The van der Waals surface area contributed by atoms with Crippen molar-refractivity contribution in [3.8, 4) is 0 Å². The van der Waals surface area contributed by atoms with Gasteiger partial charge in [-0.25, -0.2) is 9.80 Å². The summed E-state index contributed by atoms with van der Waals surface area (Å²) in [6.45, 7) is 6.16. The molecule has 20 heavy (non-hydrogen) atoms. The Hall–Kier alpha value is -1.30. The monoisotopic (exact) mass is 285 g/mol. The average Bonchev–Trinajstić information content (AvgIpc) is 2.33. The topological polar surface area (TPSA) is 81.7 Å². The zero-order valence-electron chi connectivity index (χ0n) is 12.7. The van der Waals surface area contributed by atoms with Gasteiger partial charge in [-0.05, 0) is 33.1 Å². The van der Waals surface area contributed by atoms with Gasteiger partial charge in [0.2, 0.25) is 0 Å². The quantitative estimate of drug-likeness (QED) is 0.698. The summed E-state index contributed by atoms with van der Waals surface area (Å²) < 4.78 is 0. The van der Waals surface area contributed by atoms with Crippen molar-refractivity contribution in [1.82, 2.24) is 15.8 Å². The standard InChI is InChI=1S/C14H27N3O3/c1-4-6-12(9-13(18)19)15-14(20)16-17-10(2)7-5-8-11(17)3/h10-12H,4-9H2,1-3H3,(H,18,19)(H2,15,16,20). The number of hydrazine groups is 1. The first-order valence-corrected chi connectivity index (χ1v) is 7.51. The Balaban J connectivity index is 2.49. The molecule has 116 valence electrons. The van der Waals surface area contributed by atoms with Gasteiger partial charge in [-0.1, -0.05) is 19.8 Å². The molecular formula is C14H27N3O3. The molecule has 1 aliphatic rings. The average molecular weight is 285 g/mol. The second-order valence-corrected chi connectivity index (χ2v) is 5.70. The van der Waals surface area contributed by atoms with Crippen LogP contribution in [-0.2, 0) is 4.79 Å². The molecule has 0 aromatic heterocycles. The molecule has 6 nitrogen and oxygen atoms in total. The fourth-order valence-electron chi connectivity index (χ4n) is 2.76. The maximum atomic E-state index is 12.0. The van der Waals surface area contributed by atoms with Crippen LogP contribution in [0.1, 0.15) is 59.3 Å². The fourth-order valence-corrected chi connectivity index (χ4v) is 2.76. The van der Waals surface area contributed by atoms with E-state index in [0.29, 0.717) is 18.5 Å². The molecule has 1 saturated heterocycles. The van der Waals surface area contributed by atoms with Crippen molar-refractivity contribution in [3.05, 3.63) is 0 Å². The van der Waals surface area contributed by atoms with Gasteiger partial charge < -0.3 is 10.4 Å². The molecule has 1 aliphatic heterocycles. The van der Waals surface area contributed by atoms with Crippen LogP contribution in [0, 0.1) is 0 Å². The summed E-state index contributed by atoms with van der Waals surface area (Å²) in [4.78, 5) is 22.8. The van der Waals surface area contributed by atoms with Gasteiger partial charge in [0.1, 0.15) is 0 Å². The van der Waals surface area contributed by atoms with Crippen molar-refractivity contribution in [1.29, 1.82) is 0 Å². The van der Waals surface area contributed by atoms with Gasteiger partial charge in [0.15, 0.2) is 0 Å². The molecule has 3 unspecified atom stereocenters. The third-order valence-electron chi connectivity index (χ3n) is 3.82. The second kappa shape index (κ2) is 8.09. The van der Waals surface area contributed by atoms with Gasteiger partial charge in [0.05, 0.1) is 6.42 Å². The number of hydrogen-bond acceptors (Lipinski definition) is 3. The lowest BCUT2D eigenvalue weighted by molar-refractivity contribution is -0.137. The summed E-state index contributed by atoms with van der Waals surface area (Å²) in [5, 5.41) is 13.6. The summed E-state index contributed by atoms with van der Waals surface area (Å²) in [6, 6.07) is 0.0143. The summed E-state index contributed by atoms with van der Waals surface area (Å²) in [6.07, 6.45) is 4.79. The predicted molar refractivity (Wildman–Crippen MR) is 77.2 cm³/mol. The van der Waals surface area contributed by atoms with Crippen LogP contribution in [0.15, 0.2) is 0 Å². The van der Waals surface area contributed by atoms with Crippen LogP contribution in [0.2, 0.25) is 0 Å². The number of aliphatic carboxylic acids is 1. The first kappa shape index (κ1) is 16.8. The van der Waals surface area contributed by atoms with E-state index in [2.05, 4.69) is 24.6 Å². The zero-order chi connectivity index (χ0) is 15.1. The Labute approximate surface area is 120 Å². The first-order chi connectivity index (χ1) is 9.43. The second-order valence-electron chi connectivity index (χ2n) is 5.70. The van der Waals surface area contributed by atoms with Crippen LogP contribution >= 0.6 is 0 Å². The number of carbonyl (C=O) groups excluding carboxylic acids is 1. The summed E-state index contributed by atoms with van der Waals surface area (Å²) in [7, 11) is 0. The molecule has 0 aromatic carbocycles. The third kappa shape index (κ3) is 5.36. The highest BCUT2D eigenvalue weighted by atomic mass is 16.4. The lowest BCUT2D eigenvalue weighted by Gasteiger charge is -2.38. The lowest BCUT2D eigenvalue weighted by Crippen LogP contribution is -2.57. The Morgan fingerprint density at radius 2 is 1.90 bits per heavy atom. The van der Waals surface area contributed by atoms with Crippen LogP contribution in [-0.4, -0.2) is 40.2 Å². The number of piperidine rings is 1. The van der Waals surface area contributed by atoms with E-state index in [4.69, 9.17) is 5.11 Å². The van der Waals surface area contributed by atoms with E-state index < -0.39 is 5.97 Å². The zero-order valence-corrected chi connectivity index (χ0v) is 12.7. The van der Waals surface area contributed by atoms with Crippen LogP contribution in [0.5, 0.6) is 0 Å². The minimum Gasteiger partial charge on any atom is -0.481 e. The van der Waals surface area contributed by atoms with Crippen molar-refractivity contribution in [3.63, 3.8) is 0 Å². The highest BCUT2D eigenvalue weighted by molar-refractivity contribution is 5.75. The molecule has 6 heteroatoms. The van der Waals surface area contributed by atoms with Gasteiger partial charge in [-0.3, -0.25) is 10.2 Å². The van der Waals surface area contributed by atoms with E-state index in [1.54, 1.807) is 0 Å². The first-order valence-electron chi connectivity index (χ1n) is 7.51. The molecule has 0 saturated carbocycles. The number of amides is 2. The Kier molecular flexibility index (Phi) is 6.78. The number of carboxylic acids is 1. The molecule has 1 fully saturated rings. The number of carbonyl (C=O) groups is 2. The smallest absolute Gasteiger partial charge is 0.329 e. The summed E-state index contributed by atoms with van der Waals surface area (Å²) in [5.74, 6) is -0.886. The van der Waals surface area contributed by atoms with Gasteiger partial charge in [0, 0.05) is 18.1 Å². The van der Waals surface area contributed by atoms with E-state index >= 15 is 0 Å². The normalized spacial score (nSPS) is 24.9. The van der Waals surface area contributed by atoms with Crippen molar-refractivity contribution in [2.75, 3.05) is 0 Å². The fraction of sp³-hybridized carbons (Fsp3) is 0.857. The van der Waals surface area contributed by atoms with E-state index in [1.165, 1.54) is 6.42 Å². The molecular weight excluding hydrogens is 258 g/mol. The van der Waals surface area contributed by atoms with Gasteiger partial charge >= 0.3 is 12.0 Å². The van der Waals surface area contributed by atoms with Crippen LogP contribution in [0.3, 0.4) is 0 Å². The van der Waals surface area contributed by atoms with Gasteiger partial charge in [0.25, 0.3) is 0 Å². The van der Waals surface area contributed by atoms with E-state index in [9.17, 15) is 9.59 Å². The predicted octanol–water partition coefficient (Wildman–Crippen LogP) is 2.11. The number of nitrogens with zero attached hydrogens (tertiary/aromatic N) is 1. The van der Waals surface area contributed by atoms with E-state index in [-0.39, 0.29) is 18.5 Å². The maximum Gasteiger partial charge on any atom is 0.329 e. The van der Waals surface area contributed by atoms with Crippen LogP contribution in [0.4, 0.5) is 4.79 Å². The summed E-state index contributed by atoms with van der Waals surface area (Å²) in [5.41, 5.74) is 2.87. The number of rotatable bonds is 6. The minimum atomic E-state index is -0.886. The van der Waals surface area contributed by atoms with Crippen molar-refractivity contribution in [2.24, 2.45) is 0 Å². The molecule has 0 spiro atoms. The third-order valence-corrected chi connectivity index (χ3v) is 3.82. The van der Waals surface area contributed by atoms with Crippen molar-refractivity contribution >= 4 is 12.0 Å². The molecule has 3 N–H and O–H groups in total. The van der Waals surface area contributed by atoms with Gasteiger partial charge in [-0.2, -0.15) is 0 Å². The Bertz CT molecular complexity index is 326. The molecule has 0 bridgehead atoms. The highest BCUT2D eigenvalue weighted by Crippen LogP contribution is 2.20. The Morgan fingerprint density at radius 3 is 2.40 bits per heavy atom. The molecule has 0 aromatic rings. The molecule has 0 radical (unpaired) electrons. The Morgan fingerprint density at radius 1 is 1.30 bits per heavy atom. The molecule has 0 aliphatic carbocycles. The number of urea groups is 1. The molecule has 2 amide bonds.